The molecule has 0 unspecified atom stereocenters. The highest BCUT2D eigenvalue weighted by Crippen LogP contribution is 2.28. The molecule has 0 aliphatic carbocycles. The van der Waals surface area contributed by atoms with Gasteiger partial charge in [-0.3, -0.25) is 9.59 Å². The van der Waals surface area contributed by atoms with Crippen molar-refractivity contribution in [2.24, 2.45) is 5.10 Å². The molecule has 6 nitrogen and oxygen atoms in total. The van der Waals surface area contributed by atoms with Crippen molar-refractivity contribution in [3.05, 3.63) is 54.1 Å². The number of thiazole rings is 1. The van der Waals surface area contributed by atoms with Gasteiger partial charge in [-0.25, -0.2) is 10.4 Å². The molecule has 0 aliphatic rings. The number of benzene rings is 2. The molecule has 0 aliphatic heterocycles. The second-order valence-electron chi connectivity index (χ2n) is 5.20. The minimum Gasteiger partial charge on any atom is -0.427 e. The second kappa shape index (κ2) is 8.59. The average molecular weight is 385 g/mol. The van der Waals surface area contributed by atoms with E-state index in [1.54, 1.807) is 35.6 Å². The minimum atomic E-state index is -0.390. The van der Waals surface area contributed by atoms with E-state index < -0.39 is 0 Å². The van der Waals surface area contributed by atoms with Crippen molar-refractivity contribution in [1.29, 1.82) is 0 Å². The van der Waals surface area contributed by atoms with Gasteiger partial charge >= 0.3 is 5.97 Å². The molecule has 0 bridgehead atoms. The van der Waals surface area contributed by atoms with Gasteiger partial charge in [0.25, 0.3) is 5.91 Å². The Kier molecular flexibility index (Phi) is 5.98. The van der Waals surface area contributed by atoms with Crippen LogP contribution in [-0.2, 0) is 9.59 Å². The minimum absolute atomic E-state index is 0.221. The van der Waals surface area contributed by atoms with Crippen LogP contribution in [0.1, 0.15) is 12.5 Å². The Balaban J connectivity index is 1.50. The Morgan fingerprint density at radius 2 is 2.12 bits per heavy atom. The molecule has 0 saturated heterocycles. The Bertz CT molecular complexity index is 936. The number of carbonyl (C=O) groups excluding carboxylic acids is 2. The van der Waals surface area contributed by atoms with Gasteiger partial charge < -0.3 is 4.74 Å². The van der Waals surface area contributed by atoms with Gasteiger partial charge in [-0.2, -0.15) is 5.10 Å². The van der Waals surface area contributed by atoms with Crippen LogP contribution in [0.2, 0.25) is 0 Å². The predicted molar refractivity (Wildman–Crippen MR) is 104 cm³/mol. The SMILES string of the molecule is CC(=O)Oc1cccc(/C=N\NC(=O)CSc2nc3ccccc3s2)c1. The monoisotopic (exact) mass is 385 g/mol. The number of esters is 1. The van der Waals surface area contributed by atoms with E-state index in [9.17, 15) is 9.59 Å². The maximum atomic E-state index is 11.9. The number of nitrogens with zero attached hydrogens (tertiary/aromatic N) is 2. The topological polar surface area (TPSA) is 80.6 Å². The summed E-state index contributed by atoms with van der Waals surface area (Å²) in [6.07, 6.45) is 1.49. The average Bonchev–Trinajstić information content (AvgIpc) is 3.03. The Morgan fingerprint density at radius 3 is 2.92 bits per heavy atom. The van der Waals surface area contributed by atoms with Crippen molar-refractivity contribution in [2.45, 2.75) is 11.3 Å². The molecule has 3 rings (SSSR count). The smallest absolute Gasteiger partial charge is 0.308 e. The first kappa shape index (κ1) is 18.1. The van der Waals surface area contributed by atoms with E-state index in [0.29, 0.717) is 11.3 Å². The van der Waals surface area contributed by atoms with E-state index in [0.717, 1.165) is 14.6 Å². The van der Waals surface area contributed by atoms with Crippen molar-refractivity contribution in [3.8, 4) is 5.75 Å². The molecule has 26 heavy (non-hydrogen) atoms. The molecule has 0 atom stereocenters. The normalized spacial score (nSPS) is 11.0. The van der Waals surface area contributed by atoms with Crippen LogP contribution in [0.4, 0.5) is 0 Å². The van der Waals surface area contributed by atoms with Gasteiger partial charge in [-0.1, -0.05) is 36.0 Å². The third-order valence-electron chi connectivity index (χ3n) is 3.12. The van der Waals surface area contributed by atoms with Gasteiger partial charge in [0.15, 0.2) is 4.34 Å². The van der Waals surface area contributed by atoms with Crippen molar-refractivity contribution < 1.29 is 14.3 Å². The number of carbonyl (C=O) groups is 2. The molecule has 1 heterocycles. The van der Waals surface area contributed by atoms with Crippen molar-refractivity contribution in [2.75, 3.05) is 5.75 Å². The van der Waals surface area contributed by atoms with E-state index in [4.69, 9.17) is 4.74 Å². The fraction of sp³-hybridized carbons (Fsp3) is 0.111. The summed E-state index contributed by atoms with van der Waals surface area (Å²) in [5.74, 6) is 0.0464. The first-order valence-corrected chi connectivity index (χ1v) is 9.49. The van der Waals surface area contributed by atoms with Crippen molar-refractivity contribution >= 4 is 51.4 Å². The van der Waals surface area contributed by atoms with Crippen LogP contribution in [0.15, 0.2) is 58.0 Å². The molecule has 0 radical (unpaired) electrons. The Morgan fingerprint density at radius 1 is 1.27 bits per heavy atom. The van der Waals surface area contributed by atoms with E-state index in [1.807, 2.05) is 24.3 Å². The summed E-state index contributed by atoms with van der Waals surface area (Å²) in [7, 11) is 0. The molecule has 132 valence electrons. The summed E-state index contributed by atoms with van der Waals surface area (Å²) in [6.45, 7) is 1.34. The lowest BCUT2D eigenvalue weighted by molar-refractivity contribution is -0.131. The fourth-order valence-corrected chi connectivity index (χ4v) is 3.94. The number of hydrogen-bond donors (Lipinski definition) is 1. The Labute approximate surface area is 158 Å². The van der Waals surface area contributed by atoms with E-state index in [2.05, 4.69) is 15.5 Å². The lowest BCUT2D eigenvalue weighted by atomic mass is 10.2. The third kappa shape index (κ3) is 5.14. The van der Waals surface area contributed by atoms with Crippen LogP contribution in [0.25, 0.3) is 10.2 Å². The lowest BCUT2D eigenvalue weighted by Gasteiger charge is -2.01. The molecular formula is C18H15N3O3S2. The van der Waals surface area contributed by atoms with Crippen LogP contribution < -0.4 is 10.2 Å². The first-order chi connectivity index (χ1) is 12.6. The third-order valence-corrected chi connectivity index (χ3v) is 5.30. The molecular weight excluding hydrogens is 370 g/mol. The number of ether oxygens (including phenoxy) is 1. The molecule has 8 heteroatoms. The number of rotatable bonds is 6. The van der Waals surface area contributed by atoms with Crippen molar-refractivity contribution in [1.82, 2.24) is 10.4 Å². The molecule has 1 amide bonds. The van der Waals surface area contributed by atoms with Crippen molar-refractivity contribution in [3.63, 3.8) is 0 Å². The highest BCUT2D eigenvalue weighted by atomic mass is 32.2. The number of para-hydroxylation sites is 1. The highest BCUT2D eigenvalue weighted by molar-refractivity contribution is 8.01. The van der Waals surface area contributed by atoms with E-state index >= 15 is 0 Å². The molecule has 2 aromatic carbocycles. The zero-order valence-corrected chi connectivity index (χ0v) is 15.5. The lowest BCUT2D eigenvalue weighted by Crippen LogP contribution is -2.19. The van der Waals surface area contributed by atoms with Gasteiger partial charge in [0.05, 0.1) is 22.2 Å². The summed E-state index contributed by atoms with van der Waals surface area (Å²) < 4.78 is 6.94. The summed E-state index contributed by atoms with van der Waals surface area (Å²) in [5.41, 5.74) is 4.12. The molecule has 1 aromatic heterocycles. The molecule has 0 fully saturated rings. The van der Waals surface area contributed by atoms with E-state index in [1.165, 1.54) is 24.9 Å². The van der Waals surface area contributed by atoms with Gasteiger partial charge in [-0.15, -0.1) is 11.3 Å². The van der Waals surface area contributed by atoms with E-state index in [-0.39, 0.29) is 17.6 Å². The summed E-state index contributed by atoms with van der Waals surface area (Å²) in [6, 6.07) is 14.7. The Hall–Kier alpha value is -2.71. The second-order valence-corrected chi connectivity index (χ2v) is 7.45. The van der Waals surface area contributed by atoms with Crippen LogP contribution >= 0.6 is 23.1 Å². The predicted octanol–water partition coefficient (Wildman–Crippen LogP) is 3.46. The van der Waals surface area contributed by atoms with Crippen LogP contribution in [0.3, 0.4) is 0 Å². The van der Waals surface area contributed by atoms with Gasteiger partial charge in [0.2, 0.25) is 0 Å². The number of hydrogen-bond acceptors (Lipinski definition) is 7. The zero-order valence-electron chi connectivity index (χ0n) is 13.8. The zero-order chi connectivity index (χ0) is 18.4. The maximum Gasteiger partial charge on any atom is 0.308 e. The highest BCUT2D eigenvalue weighted by Gasteiger charge is 2.07. The van der Waals surface area contributed by atoms with Crippen LogP contribution in [0.5, 0.6) is 5.75 Å². The largest absolute Gasteiger partial charge is 0.427 e. The summed E-state index contributed by atoms with van der Waals surface area (Å²) in [5, 5.41) is 3.92. The number of fused-ring (bicyclic) bond motifs is 1. The first-order valence-electron chi connectivity index (χ1n) is 7.69. The number of nitrogens with one attached hydrogen (secondary N) is 1. The molecule has 0 saturated carbocycles. The number of amides is 1. The maximum absolute atomic E-state index is 11.9. The van der Waals surface area contributed by atoms with Crippen LogP contribution in [0, 0.1) is 0 Å². The number of hydrazone groups is 1. The van der Waals surface area contributed by atoms with Gasteiger partial charge in [0, 0.05) is 6.92 Å². The molecule has 3 aromatic rings. The molecule has 1 N–H and O–H groups in total. The van der Waals surface area contributed by atoms with Gasteiger partial charge in [0.1, 0.15) is 5.75 Å². The fourth-order valence-electron chi connectivity index (χ4n) is 2.08. The summed E-state index contributed by atoms with van der Waals surface area (Å²) in [4.78, 5) is 27.3. The summed E-state index contributed by atoms with van der Waals surface area (Å²) >= 11 is 2.93. The number of thioether (sulfide) groups is 1. The van der Waals surface area contributed by atoms with Gasteiger partial charge in [-0.05, 0) is 29.8 Å². The van der Waals surface area contributed by atoms with Crippen LogP contribution in [-0.4, -0.2) is 28.8 Å². The number of aromatic nitrogens is 1. The molecule has 0 spiro atoms. The quantitative estimate of drug-likeness (QED) is 0.231. The standard InChI is InChI=1S/C18H15N3O3S2/c1-12(22)24-14-6-4-5-13(9-14)10-19-21-17(23)11-25-18-20-15-7-2-3-8-16(15)26-18/h2-10H,11H2,1H3,(H,21,23)/b19-10-.